The SMILES string of the molecule is CC1(C)C2([N+](=O)[O-])C[NH+]3CC1([N+](=O)[O-])C[NH+](C2)C3c1ccc(F)cc1. The highest BCUT2D eigenvalue weighted by Gasteiger charge is 2.87. The van der Waals surface area contributed by atoms with Gasteiger partial charge >= 0.3 is 11.1 Å². The van der Waals surface area contributed by atoms with Crippen molar-refractivity contribution in [3.05, 3.63) is 55.9 Å². The molecule has 0 saturated carbocycles. The number of hydrogen-bond donors (Lipinski definition) is 2. The monoisotopic (exact) mass is 352 g/mol. The van der Waals surface area contributed by atoms with Crippen molar-refractivity contribution >= 4 is 0 Å². The van der Waals surface area contributed by atoms with Gasteiger partial charge in [0, 0.05) is 9.85 Å². The molecule has 0 atom stereocenters. The fourth-order valence-corrected chi connectivity index (χ4v) is 5.61. The Kier molecular flexibility index (Phi) is 3.09. The smallest absolute Gasteiger partial charge is 0.270 e. The molecule has 4 aliphatic rings. The third-order valence-corrected chi connectivity index (χ3v) is 7.12. The van der Waals surface area contributed by atoms with Crippen molar-refractivity contribution in [1.29, 1.82) is 0 Å². The summed E-state index contributed by atoms with van der Waals surface area (Å²) in [5.74, 6) is -0.341. The Morgan fingerprint density at radius 1 is 0.960 bits per heavy atom. The van der Waals surface area contributed by atoms with Crippen LogP contribution < -0.4 is 9.80 Å². The number of halogens is 1. The Morgan fingerprint density at radius 3 is 1.72 bits per heavy atom. The predicted molar refractivity (Wildman–Crippen MR) is 83.8 cm³/mol. The summed E-state index contributed by atoms with van der Waals surface area (Å²) < 4.78 is 13.3. The van der Waals surface area contributed by atoms with Crippen LogP contribution in [0.25, 0.3) is 0 Å². The topological polar surface area (TPSA) is 95.2 Å². The van der Waals surface area contributed by atoms with Gasteiger partial charge in [-0.25, -0.2) is 4.39 Å². The standard InChI is InChI=1S/C16H19FN4O4/c1-14(2)15(20(22)23)7-18-9-16(14,21(24)25)10-19(8-15)13(18)11-3-5-12(17)6-4-11/h3-6,13H,7-10H2,1-2H3/p+2. The maximum atomic E-state index is 13.3. The molecule has 1 aromatic rings. The van der Waals surface area contributed by atoms with Crippen LogP contribution in [-0.2, 0) is 0 Å². The molecule has 0 aliphatic carbocycles. The average Bonchev–Trinajstić information content (AvgIpc) is 2.52. The van der Waals surface area contributed by atoms with Crippen LogP contribution in [0.15, 0.2) is 24.3 Å². The second-order valence-corrected chi connectivity index (χ2v) is 8.21. The summed E-state index contributed by atoms with van der Waals surface area (Å²) in [6.07, 6.45) is -0.127. The molecule has 0 amide bonds. The lowest BCUT2D eigenvalue weighted by molar-refractivity contribution is -1.20. The van der Waals surface area contributed by atoms with Gasteiger partial charge in [-0.05, 0) is 38.1 Å². The highest BCUT2D eigenvalue weighted by molar-refractivity contribution is 5.19. The average molecular weight is 352 g/mol. The van der Waals surface area contributed by atoms with Crippen LogP contribution in [-0.4, -0.2) is 47.1 Å². The number of rotatable bonds is 3. The van der Waals surface area contributed by atoms with Crippen molar-refractivity contribution in [3.8, 4) is 0 Å². The zero-order valence-electron chi connectivity index (χ0n) is 14.1. The number of piperidine rings is 2. The number of hydrogen-bond acceptors (Lipinski definition) is 4. The lowest BCUT2D eigenvalue weighted by Gasteiger charge is -2.60. The van der Waals surface area contributed by atoms with E-state index < -0.39 is 16.5 Å². The van der Waals surface area contributed by atoms with Gasteiger partial charge in [0.15, 0.2) is 26.2 Å². The number of benzene rings is 1. The van der Waals surface area contributed by atoms with E-state index in [1.165, 1.54) is 12.1 Å². The summed E-state index contributed by atoms with van der Waals surface area (Å²) >= 11 is 0. The number of nitrogens with one attached hydrogen (secondary N) is 2. The van der Waals surface area contributed by atoms with E-state index in [1.807, 2.05) is 0 Å². The number of quaternary nitrogens is 2. The third-order valence-electron chi connectivity index (χ3n) is 7.12. The molecule has 25 heavy (non-hydrogen) atoms. The molecule has 4 aliphatic heterocycles. The molecule has 5 rings (SSSR count). The normalized spacial score (nSPS) is 40.8. The molecule has 4 saturated heterocycles. The van der Waals surface area contributed by atoms with Gasteiger partial charge in [0.1, 0.15) is 11.2 Å². The molecule has 0 aromatic heterocycles. The molecule has 134 valence electrons. The van der Waals surface area contributed by atoms with E-state index in [0.717, 1.165) is 15.4 Å². The van der Waals surface area contributed by atoms with Gasteiger partial charge < -0.3 is 0 Å². The fraction of sp³-hybridized carbons (Fsp3) is 0.625. The van der Waals surface area contributed by atoms with Crippen molar-refractivity contribution < 1.29 is 24.0 Å². The van der Waals surface area contributed by atoms with Gasteiger partial charge in [-0.1, -0.05) is 0 Å². The van der Waals surface area contributed by atoms with Gasteiger partial charge in [-0.2, -0.15) is 0 Å². The van der Waals surface area contributed by atoms with Gasteiger partial charge in [0.25, 0.3) is 0 Å². The summed E-state index contributed by atoms with van der Waals surface area (Å²) in [6.45, 7) is 4.40. The summed E-state index contributed by atoms with van der Waals surface area (Å²) in [4.78, 5) is 25.2. The first kappa shape index (κ1) is 16.3. The zero-order valence-corrected chi connectivity index (χ0v) is 14.1. The zero-order chi connectivity index (χ0) is 18.2. The number of nitro groups is 2. The van der Waals surface area contributed by atoms with Crippen molar-refractivity contribution in [2.75, 3.05) is 26.2 Å². The van der Waals surface area contributed by atoms with Crippen LogP contribution in [0.3, 0.4) is 0 Å². The van der Waals surface area contributed by atoms with E-state index in [1.54, 1.807) is 26.0 Å². The fourth-order valence-electron chi connectivity index (χ4n) is 5.61. The van der Waals surface area contributed by atoms with E-state index in [9.17, 15) is 24.6 Å². The maximum Gasteiger partial charge on any atom is 0.329 e. The second-order valence-electron chi connectivity index (χ2n) is 8.21. The minimum atomic E-state index is -1.32. The summed E-state index contributed by atoms with van der Waals surface area (Å²) in [6, 6.07) is 6.12. The first-order chi connectivity index (χ1) is 11.6. The molecular formula is C16H21FN4O4+2. The molecular weight excluding hydrogens is 331 g/mol. The molecule has 4 fully saturated rings. The molecule has 1 aromatic carbocycles. The minimum absolute atomic E-state index is 0.127. The predicted octanol–water partition coefficient (Wildman–Crippen LogP) is -1.31. The molecule has 4 heterocycles. The lowest BCUT2D eigenvalue weighted by Crippen LogP contribution is -3.43. The summed E-state index contributed by atoms with van der Waals surface area (Å²) in [7, 11) is 0. The van der Waals surface area contributed by atoms with Gasteiger partial charge in [-0.3, -0.25) is 30.0 Å². The Balaban J connectivity index is 1.83. The summed E-state index contributed by atoms with van der Waals surface area (Å²) in [5, 5.41) is 24.1. The molecule has 0 spiro atoms. The first-order valence-corrected chi connectivity index (χ1v) is 8.38. The van der Waals surface area contributed by atoms with Crippen molar-refractivity contribution in [2.45, 2.75) is 31.1 Å². The molecule has 0 radical (unpaired) electrons. The van der Waals surface area contributed by atoms with Gasteiger partial charge in [-0.15, -0.1) is 0 Å². The van der Waals surface area contributed by atoms with Crippen molar-refractivity contribution in [1.82, 2.24) is 0 Å². The molecule has 8 nitrogen and oxygen atoms in total. The Hall–Kier alpha value is -2.13. The quantitative estimate of drug-likeness (QED) is 0.522. The largest absolute Gasteiger partial charge is 0.329 e. The summed E-state index contributed by atoms with van der Waals surface area (Å²) in [5.41, 5.74) is -2.80. The van der Waals surface area contributed by atoms with Crippen molar-refractivity contribution in [2.24, 2.45) is 5.41 Å². The number of nitrogens with zero attached hydrogens (tertiary/aromatic N) is 2. The van der Waals surface area contributed by atoms with Crippen molar-refractivity contribution in [3.63, 3.8) is 0 Å². The van der Waals surface area contributed by atoms with Crippen LogP contribution in [0.5, 0.6) is 0 Å². The Bertz CT molecular complexity index is 714. The van der Waals surface area contributed by atoms with Crippen LogP contribution in [0.2, 0.25) is 0 Å². The van der Waals surface area contributed by atoms with E-state index in [2.05, 4.69) is 0 Å². The van der Waals surface area contributed by atoms with Crippen LogP contribution in [0.1, 0.15) is 25.6 Å². The van der Waals surface area contributed by atoms with E-state index in [-0.39, 0.29) is 48.0 Å². The lowest BCUT2D eigenvalue weighted by atomic mass is 9.53. The maximum absolute atomic E-state index is 13.3. The van der Waals surface area contributed by atoms with Crippen LogP contribution in [0.4, 0.5) is 4.39 Å². The molecule has 4 bridgehead atoms. The van der Waals surface area contributed by atoms with Crippen LogP contribution >= 0.6 is 0 Å². The van der Waals surface area contributed by atoms with E-state index in [0.29, 0.717) is 0 Å². The first-order valence-electron chi connectivity index (χ1n) is 8.38. The Morgan fingerprint density at radius 2 is 1.36 bits per heavy atom. The molecule has 0 unspecified atom stereocenters. The van der Waals surface area contributed by atoms with Crippen LogP contribution in [0, 0.1) is 31.5 Å². The minimum Gasteiger partial charge on any atom is -0.270 e. The molecule has 9 heteroatoms. The highest BCUT2D eigenvalue weighted by Crippen LogP contribution is 2.48. The van der Waals surface area contributed by atoms with E-state index in [4.69, 9.17) is 0 Å². The van der Waals surface area contributed by atoms with Gasteiger partial charge in [0.2, 0.25) is 6.17 Å². The Labute approximate surface area is 143 Å². The second kappa shape index (κ2) is 4.73. The molecule has 2 N–H and O–H groups in total. The highest BCUT2D eigenvalue weighted by atomic mass is 19.1. The van der Waals surface area contributed by atoms with Gasteiger partial charge in [0.05, 0.1) is 5.56 Å². The van der Waals surface area contributed by atoms with E-state index >= 15 is 0 Å². The third kappa shape index (κ3) is 1.77.